The zero-order valence-corrected chi connectivity index (χ0v) is 46.2. The molecule has 4 fully saturated rings. The highest BCUT2D eigenvalue weighted by atomic mass is 16.2. The predicted octanol–water partition coefficient (Wildman–Crippen LogP) is 3.88. The molecule has 1 heterocycles. The van der Waals surface area contributed by atoms with Gasteiger partial charge >= 0.3 is 0 Å². The van der Waals surface area contributed by atoms with Gasteiger partial charge in [0.15, 0.2) is 0 Å². The number of nitrogens with one attached hydrogen (secondary N) is 10. The molecule has 6 atom stereocenters. The summed E-state index contributed by atoms with van der Waals surface area (Å²) in [6.45, 7) is 0.927. The van der Waals surface area contributed by atoms with Crippen LogP contribution in [-0.4, -0.2) is 123 Å². The summed E-state index contributed by atoms with van der Waals surface area (Å²) in [5.74, 6) is -5.49. The molecular weight excluding hydrogens is 973 g/mol. The number of carbonyl (C=O) groups is 10. The second-order valence-corrected chi connectivity index (χ2v) is 22.4. The second-order valence-electron chi connectivity index (χ2n) is 22.4. The van der Waals surface area contributed by atoms with Crippen LogP contribution in [-0.2, 0) is 47.9 Å². The first-order valence-electron chi connectivity index (χ1n) is 29.5. The fraction of sp³-hybridized carbons (Fsp3) is 0.821. The summed E-state index contributed by atoms with van der Waals surface area (Å²) < 4.78 is 0. The fourth-order valence-electron chi connectivity index (χ4n) is 11.3. The Hall–Kier alpha value is -5.30. The van der Waals surface area contributed by atoms with Crippen LogP contribution in [0.5, 0.6) is 0 Å². The first-order valence-corrected chi connectivity index (χ1v) is 29.5. The van der Waals surface area contributed by atoms with Gasteiger partial charge in [-0.05, 0) is 49.4 Å². The molecule has 0 bridgehead atoms. The van der Waals surface area contributed by atoms with Gasteiger partial charge in [-0.3, -0.25) is 47.9 Å². The summed E-state index contributed by atoms with van der Waals surface area (Å²) in [5.41, 5.74) is 0. The Morgan fingerprint density at radius 3 is 0.934 bits per heavy atom. The van der Waals surface area contributed by atoms with Gasteiger partial charge in [0.1, 0.15) is 24.2 Å². The topological polar surface area (TPSA) is 291 Å². The highest BCUT2D eigenvalue weighted by molar-refractivity contribution is 5.96. The lowest BCUT2D eigenvalue weighted by atomic mass is 9.85. The molecule has 3 saturated carbocycles. The quantitative estimate of drug-likeness (QED) is 0.176. The number of hydrogen-bond acceptors (Lipinski definition) is 10. The van der Waals surface area contributed by atoms with Crippen LogP contribution < -0.4 is 53.2 Å². The van der Waals surface area contributed by atoms with E-state index in [0.29, 0.717) is 25.2 Å². The van der Waals surface area contributed by atoms with Gasteiger partial charge in [-0.2, -0.15) is 0 Å². The van der Waals surface area contributed by atoms with Crippen molar-refractivity contribution < 1.29 is 47.9 Å². The van der Waals surface area contributed by atoms with Gasteiger partial charge in [0.05, 0.1) is 39.3 Å². The Bertz CT molecular complexity index is 1850. The molecule has 20 nitrogen and oxygen atoms in total. The van der Waals surface area contributed by atoms with Gasteiger partial charge in [0.25, 0.3) is 0 Å². The van der Waals surface area contributed by atoms with Gasteiger partial charge in [-0.1, -0.05) is 181 Å². The Kier molecular flexibility index (Phi) is 30.5. The molecule has 0 radical (unpaired) electrons. The maximum atomic E-state index is 14.0. The van der Waals surface area contributed by atoms with Crippen molar-refractivity contribution in [1.82, 2.24) is 53.2 Å². The molecule has 3 aliphatic carbocycles. The summed E-state index contributed by atoms with van der Waals surface area (Å²) in [6.07, 6.45) is 27.8. The molecular formula is C56H96N10O10. The van der Waals surface area contributed by atoms with Crippen LogP contribution in [0.4, 0.5) is 0 Å². The van der Waals surface area contributed by atoms with Gasteiger partial charge in [-0.15, -0.1) is 0 Å². The van der Waals surface area contributed by atoms with Crippen LogP contribution in [0.3, 0.4) is 0 Å². The van der Waals surface area contributed by atoms with Crippen LogP contribution in [0.15, 0.2) is 0 Å². The highest BCUT2D eigenvalue weighted by Gasteiger charge is 2.31. The number of rotatable bonds is 7. The SMILES string of the molecule is CC[C@@H]1NC(=O)CNC(=O)[C@H](CC2CCCCCCCCC2)NC(=O)CNC(=O)CNC(=O)[C@H](CC2CCCCCCCCC2)NC(=O)CNC(=O)CNC(=O)CNC(=O)[C@H](CC2CCCCCC(C)CCC2)NC1=O. The van der Waals surface area contributed by atoms with Crippen molar-refractivity contribution in [3.63, 3.8) is 0 Å². The smallest absolute Gasteiger partial charge is 0.243 e. The molecule has 20 heteroatoms. The van der Waals surface area contributed by atoms with E-state index in [0.717, 1.165) is 148 Å². The van der Waals surface area contributed by atoms with Gasteiger partial charge < -0.3 is 53.2 Å². The van der Waals surface area contributed by atoms with Gasteiger partial charge in [-0.25, -0.2) is 0 Å². The van der Waals surface area contributed by atoms with Gasteiger partial charge in [0.2, 0.25) is 59.1 Å². The number of amides is 10. The first kappa shape index (κ1) is 63.2. The molecule has 76 heavy (non-hydrogen) atoms. The normalized spacial score (nSPS) is 27.9. The van der Waals surface area contributed by atoms with Crippen LogP contribution in [0, 0.1) is 23.7 Å². The van der Waals surface area contributed by atoms with E-state index in [1.165, 1.54) is 19.3 Å². The van der Waals surface area contributed by atoms with E-state index in [4.69, 9.17) is 0 Å². The Morgan fingerprint density at radius 2 is 0.553 bits per heavy atom. The lowest BCUT2D eigenvalue weighted by Crippen LogP contribution is -2.56. The molecule has 4 aliphatic rings. The van der Waals surface area contributed by atoms with Crippen molar-refractivity contribution in [2.24, 2.45) is 23.7 Å². The molecule has 0 aromatic carbocycles. The summed E-state index contributed by atoms with van der Waals surface area (Å²) in [5, 5.41) is 26.4. The van der Waals surface area contributed by atoms with E-state index >= 15 is 0 Å². The van der Waals surface area contributed by atoms with E-state index in [1.807, 2.05) is 0 Å². The zero-order chi connectivity index (χ0) is 54.9. The van der Waals surface area contributed by atoms with Crippen LogP contribution in [0.2, 0.25) is 0 Å². The monoisotopic (exact) mass is 1070 g/mol. The van der Waals surface area contributed by atoms with E-state index < -0.39 is 123 Å². The summed E-state index contributed by atoms with van der Waals surface area (Å²) in [7, 11) is 0. The van der Waals surface area contributed by atoms with Crippen molar-refractivity contribution in [3.05, 3.63) is 0 Å². The zero-order valence-electron chi connectivity index (χ0n) is 46.2. The molecule has 0 aromatic heterocycles. The van der Waals surface area contributed by atoms with Crippen molar-refractivity contribution in [1.29, 1.82) is 0 Å². The molecule has 0 spiro atoms. The van der Waals surface area contributed by atoms with Crippen LogP contribution in [0.25, 0.3) is 0 Å². The standard InChI is InChI=1S/C56H96N10O10/c1-3-43-56(76)66-46(32-42-28-20-14-15-22-39(2)23-21-29-42)55(75)61-34-48(68)57-33-47(67)58-36-50(70)64-44(30-40-24-16-10-6-4-7-11-17-25-40)53(73)60-35-49(69)59-37-51(71)65-45(54(74)62-38-52(72)63-43)31-41-26-18-12-8-5-9-13-19-27-41/h39-46H,3-38H2,1-2H3,(H,57,68)(H,58,67)(H,59,69)(H,60,73)(H,61,75)(H,62,74)(H,63,72)(H,64,70)(H,65,71)(H,66,76)/t39?,42?,43-,44-,45-,46-/m0/s1. The third kappa shape index (κ3) is 26.6. The minimum absolute atomic E-state index is 0.102. The largest absolute Gasteiger partial charge is 0.346 e. The predicted molar refractivity (Wildman–Crippen MR) is 290 cm³/mol. The van der Waals surface area contributed by atoms with E-state index in [-0.39, 0.29) is 24.2 Å². The van der Waals surface area contributed by atoms with Crippen molar-refractivity contribution in [2.45, 2.75) is 231 Å². The lowest BCUT2D eigenvalue weighted by molar-refractivity contribution is -0.134. The average Bonchev–Trinajstić information content (AvgIpc) is 3.40. The minimum Gasteiger partial charge on any atom is -0.346 e. The maximum Gasteiger partial charge on any atom is 0.243 e. The van der Waals surface area contributed by atoms with Gasteiger partial charge in [0, 0.05) is 0 Å². The molecule has 430 valence electrons. The Balaban J connectivity index is 1.55. The minimum atomic E-state index is -1.08. The van der Waals surface area contributed by atoms with Crippen molar-refractivity contribution in [3.8, 4) is 0 Å². The Morgan fingerprint density at radius 1 is 0.289 bits per heavy atom. The van der Waals surface area contributed by atoms with Crippen LogP contribution in [0.1, 0.15) is 206 Å². The number of hydrogen-bond donors (Lipinski definition) is 10. The van der Waals surface area contributed by atoms with Crippen molar-refractivity contribution in [2.75, 3.05) is 39.3 Å². The van der Waals surface area contributed by atoms with Crippen molar-refractivity contribution >= 4 is 59.1 Å². The molecule has 1 saturated heterocycles. The van der Waals surface area contributed by atoms with E-state index in [2.05, 4.69) is 60.1 Å². The molecule has 0 aromatic rings. The molecule has 10 amide bonds. The second kappa shape index (κ2) is 36.7. The highest BCUT2D eigenvalue weighted by Crippen LogP contribution is 2.29. The molecule has 10 N–H and O–H groups in total. The maximum absolute atomic E-state index is 14.0. The summed E-state index contributed by atoms with van der Waals surface area (Å²) in [4.78, 5) is 135. The summed E-state index contributed by atoms with van der Waals surface area (Å²) >= 11 is 0. The lowest BCUT2D eigenvalue weighted by Gasteiger charge is -2.27. The molecule has 1 aliphatic heterocycles. The fourth-order valence-corrected chi connectivity index (χ4v) is 11.3. The molecule has 2 unspecified atom stereocenters. The third-order valence-corrected chi connectivity index (χ3v) is 15.9. The molecule has 4 rings (SSSR count). The average molecular weight is 1070 g/mol. The third-order valence-electron chi connectivity index (χ3n) is 15.9. The number of carbonyl (C=O) groups excluding carboxylic acids is 10. The van der Waals surface area contributed by atoms with E-state index in [1.54, 1.807) is 6.92 Å². The van der Waals surface area contributed by atoms with Crippen LogP contribution >= 0.6 is 0 Å². The first-order chi connectivity index (χ1) is 36.7. The Labute approximate surface area is 452 Å². The van der Waals surface area contributed by atoms with E-state index in [9.17, 15) is 47.9 Å². The summed E-state index contributed by atoms with van der Waals surface area (Å²) in [6, 6.07) is -4.21.